The predicted octanol–water partition coefficient (Wildman–Crippen LogP) is 0.656. The van der Waals surface area contributed by atoms with Gasteiger partial charge in [-0.15, -0.1) is 0 Å². The molecule has 1 fully saturated rings. The van der Waals surface area contributed by atoms with Gasteiger partial charge in [0.2, 0.25) is 5.91 Å². The maximum atomic E-state index is 12.1. The lowest BCUT2D eigenvalue weighted by molar-refractivity contribution is 0.0918. The first kappa shape index (κ1) is 13.5. The number of primary amides is 1. The smallest absolute Gasteiger partial charge is 0.251 e. The topological polar surface area (TPSA) is 84.2 Å². The highest BCUT2D eigenvalue weighted by Crippen LogP contribution is 2.10. The number of amides is 2. The van der Waals surface area contributed by atoms with Gasteiger partial charge in [-0.25, -0.2) is 0 Å². The molecule has 1 aliphatic rings. The summed E-state index contributed by atoms with van der Waals surface area (Å²) in [5, 5.41) is 6.35. The zero-order valence-corrected chi connectivity index (χ0v) is 11.0. The number of rotatable bonds is 3. The summed E-state index contributed by atoms with van der Waals surface area (Å²) in [5.41, 5.74) is 6.11. The van der Waals surface area contributed by atoms with Crippen LogP contribution < -0.4 is 16.4 Å². The number of benzene rings is 1. The van der Waals surface area contributed by atoms with Gasteiger partial charge in [-0.2, -0.15) is 0 Å². The summed E-state index contributed by atoms with van der Waals surface area (Å²) in [6.07, 6.45) is 2.05. The Morgan fingerprint density at radius 3 is 2.47 bits per heavy atom. The van der Waals surface area contributed by atoms with Gasteiger partial charge in [0.25, 0.3) is 5.91 Å². The fraction of sp³-hybridized carbons (Fsp3) is 0.429. The van der Waals surface area contributed by atoms with Gasteiger partial charge < -0.3 is 16.4 Å². The molecule has 0 bridgehead atoms. The predicted molar refractivity (Wildman–Crippen MR) is 72.9 cm³/mol. The minimum Gasteiger partial charge on any atom is -0.366 e. The Bertz CT molecular complexity index is 470. The van der Waals surface area contributed by atoms with Crippen LogP contribution in [0.1, 0.15) is 40.5 Å². The molecule has 2 rings (SSSR count). The number of nitrogens with one attached hydrogen (secondary N) is 2. The van der Waals surface area contributed by atoms with Crippen molar-refractivity contribution in [2.45, 2.75) is 31.8 Å². The van der Waals surface area contributed by atoms with Crippen molar-refractivity contribution in [2.75, 3.05) is 6.54 Å². The maximum absolute atomic E-state index is 12.1. The number of hydrogen-bond acceptors (Lipinski definition) is 3. The highest BCUT2D eigenvalue weighted by Gasteiger charge is 2.22. The van der Waals surface area contributed by atoms with Crippen molar-refractivity contribution in [1.29, 1.82) is 0 Å². The molecule has 0 spiro atoms. The van der Waals surface area contributed by atoms with Crippen LogP contribution in [0.15, 0.2) is 24.3 Å². The second-order valence-electron chi connectivity index (χ2n) is 4.91. The molecule has 0 radical (unpaired) electrons. The van der Waals surface area contributed by atoms with Crippen LogP contribution in [0.25, 0.3) is 0 Å². The molecule has 1 aromatic rings. The molecule has 1 aliphatic heterocycles. The van der Waals surface area contributed by atoms with Crippen LogP contribution in [-0.4, -0.2) is 30.4 Å². The fourth-order valence-electron chi connectivity index (χ4n) is 2.28. The average molecular weight is 261 g/mol. The number of carbonyl (C=O) groups is 2. The van der Waals surface area contributed by atoms with Gasteiger partial charge in [-0.1, -0.05) is 0 Å². The summed E-state index contributed by atoms with van der Waals surface area (Å²) in [7, 11) is 0. The Balaban J connectivity index is 2.01. The van der Waals surface area contributed by atoms with Gasteiger partial charge in [0.05, 0.1) is 0 Å². The minimum absolute atomic E-state index is 0.114. The summed E-state index contributed by atoms with van der Waals surface area (Å²) in [6, 6.07) is 6.81. The first-order chi connectivity index (χ1) is 9.08. The Morgan fingerprint density at radius 2 is 1.89 bits per heavy atom. The third kappa shape index (κ3) is 3.32. The van der Waals surface area contributed by atoms with Crippen molar-refractivity contribution in [1.82, 2.24) is 10.6 Å². The molecule has 2 amide bonds. The molecule has 102 valence electrons. The fourth-order valence-corrected chi connectivity index (χ4v) is 2.28. The van der Waals surface area contributed by atoms with E-state index in [1.165, 1.54) is 0 Å². The molecule has 1 heterocycles. The lowest BCUT2D eigenvalue weighted by Crippen LogP contribution is -2.51. The summed E-state index contributed by atoms with van der Waals surface area (Å²) < 4.78 is 0. The third-order valence-corrected chi connectivity index (χ3v) is 3.51. The van der Waals surface area contributed by atoms with Gasteiger partial charge in [-0.3, -0.25) is 9.59 Å². The minimum atomic E-state index is -0.489. The molecule has 5 nitrogen and oxygen atoms in total. The second-order valence-corrected chi connectivity index (χ2v) is 4.91. The SMILES string of the molecule is CC1NCCCC1NC(=O)c1ccc(C(N)=O)cc1. The number of carbonyl (C=O) groups excluding carboxylic acids is 2. The molecule has 0 saturated carbocycles. The van der Waals surface area contributed by atoms with Crippen molar-refractivity contribution in [3.63, 3.8) is 0 Å². The van der Waals surface area contributed by atoms with Crippen molar-refractivity contribution < 1.29 is 9.59 Å². The van der Waals surface area contributed by atoms with Gasteiger partial charge in [-0.05, 0) is 50.6 Å². The van der Waals surface area contributed by atoms with Crippen molar-refractivity contribution in [3.05, 3.63) is 35.4 Å². The van der Waals surface area contributed by atoms with Crippen LogP contribution >= 0.6 is 0 Å². The Labute approximate surface area is 112 Å². The van der Waals surface area contributed by atoms with Gasteiger partial charge in [0.15, 0.2) is 0 Å². The van der Waals surface area contributed by atoms with Crippen LogP contribution in [-0.2, 0) is 0 Å². The third-order valence-electron chi connectivity index (χ3n) is 3.51. The monoisotopic (exact) mass is 261 g/mol. The molecule has 2 unspecified atom stereocenters. The second kappa shape index (κ2) is 5.84. The largest absolute Gasteiger partial charge is 0.366 e. The zero-order chi connectivity index (χ0) is 13.8. The first-order valence-electron chi connectivity index (χ1n) is 6.52. The van der Waals surface area contributed by atoms with E-state index in [-0.39, 0.29) is 18.0 Å². The van der Waals surface area contributed by atoms with E-state index in [1.807, 2.05) is 0 Å². The molecule has 0 aliphatic carbocycles. The van der Waals surface area contributed by atoms with E-state index in [0.29, 0.717) is 11.1 Å². The van der Waals surface area contributed by atoms with Gasteiger partial charge in [0, 0.05) is 23.2 Å². The maximum Gasteiger partial charge on any atom is 0.251 e. The van der Waals surface area contributed by atoms with Crippen LogP contribution in [0.4, 0.5) is 0 Å². The Hall–Kier alpha value is -1.88. The van der Waals surface area contributed by atoms with E-state index in [1.54, 1.807) is 24.3 Å². The van der Waals surface area contributed by atoms with Crippen molar-refractivity contribution >= 4 is 11.8 Å². The number of piperidine rings is 1. The van der Waals surface area contributed by atoms with E-state index >= 15 is 0 Å². The van der Waals surface area contributed by atoms with Crippen molar-refractivity contribution in [2.24, 2.45) is 5.73 Å². The van der Waals surface area contributed by atoms with E-state index in [4.69, 9.17) is 5.73 Å². The van der Waals surface area contributed by atoms with Gasteiger partial charge >= 0.3 is 0 Å². The van der Waals surface area contributed by atoms with E-state index in [2.05, 4.69) is 17.6 Å². The van der Waals surface area contributed by atoms with Gasteiger partial charge in [0.1, 0.15) is 0 Å². The Morgan fingerprint density at radius 1 is 1.26 bits per heavy atom. The van der Waals surface area contributed by atoms with Crippen molar-refractivity contribution in [3.8, 4) is 0 Å². The summed E-state index contributed by atoms with van der Waals surface area (Å²) in [4.78, 5) is 23.0. The molecule has 4 N–H and O–H groups in total. The molecule has 5 heteroatoms. The summed E-state index contributed by atoms with van der Waals surface area (Å²) in [6.45, 7) is 3.07. The molecule has 1 saturated heterocycles. The number of hydrogen-bond donors (Lipinski definition) is 3. The normalized spacial score (nSPS) is 22.8. The molecular formula is C14H19N3O2. The van der Waals surface area contributed by atoms with E-state index in [9.17, 15) is 9.59 Å². The number of nitrogens with two attached hydrogens (primary N) is 1. The van der Waals surface area contributed by atoms with E-state index in [0.717, 1.165) is 19.4 Å². The molecule has 0 aromatic heterocycles. The lowest BCUT2D eigenvalue weighted by atomic mass is 9.99. The first-order valence-corrected chi connectivity index (χ1v) is 6.52. The van der Waals surface area contributed by atoms with E-state index < -0.39 is 5.91 Å². The highest BCUT2D eigenvalue weighted by molar-refractivity contribution is 5.97. The average Bonchev–Trinajstić information content (AvgIpc) is 2.41. The lowest BCUT2D eigenvalue weighted by Gasteiger charge is -2.30. The highest BCUT2D eigenvalue weighted by atomic mass is 16.2. The molecule has 1 aromatic carbocycles. The van der Waals surface area contributed by atoms with Crippen LogP contribution in [0, 0.1) is 0 Å². The van der Waals surface area contributed by atoms with Crippen LogP contribution in [0.2, 0.25) is 0 Å². The zero-order valence-electron chi connectivity index (χ0n) is 11.0. The standard InChI is InChI=1S/C14H19N3O2/c1-9-12(3-2-8-16-9)17-14(19)11-6-4-10(5-7-11)13(15)18/h4-7,9,12,16H,2-3,8H2,1H3,(H2,15,18)(H,17,19). The molecule has 19 heavy (non-hydrogen) atoms. The quantitative estimate of drug-likeness (QED) is 0.747. The Kier molecular flexibility index (Phi) is 4.16. The van der Waals surface area contributed by atoms with Crippen LogP contribution in [0.5, 0.6) is 0 Å². The molecular weight excluding hydrogens is 242 g/mol. The van der Waals surface area contributed by atoms with Crippen LogP contribution in [0.3, 0.4) is 0 Å². The molecule has 2 atom stereocenters. The summed E-state index contributed by atoms with van der Waals surface area (Å²) in [5.74, 6) is -0.603. The summed E-state index contributed by atoms with van der Waals surface area (Å²) >= 11 is 0.